The zero-order valence-electron chi connectivity index (χ0n) is 13.8. The fourth-order valence-corrected chi connectivity index (χ4v) is 2.96. The number of nitro benzene ring substituents is 1. The van der Waals surface area contributed by atoms with Gasteiger partial charge in [-0.05, 0) is 38.2 Å². The van der Waals surface area contributed by atoms with Crippen LogP contribution in [0.25, 0.3) is 0 Å². The molecule has 1 fully saturated rings. The number of unbranched alkanes of at least 4 members (excludes halogenated alkanes) is 2. The highest BCUT2D eigenvalue weighted by molar-refractivity contribution is 6.00. The zero-order valence-corrected chi connectivity index (χ0v) is 13.8. The van der Waals surface area contributed by atoms with Crippen LogP contribution in [0.1, 0.15) is 55.3 Å². The highest BCUT2D eigenvalue weighted by atomic mass is 16.6. The summed E-state index contributed by atoms with van der Waals surface area (Å²) in [7, 11) is 0. The number of nitro groups is 1. The van der Waals surface area contributed by atoms with Crippen molar-refractivity contribution in [3.8, 4) is 0 Å². The van der Waals surface area contributed by atoms with Crippen molar-refractivity contribution in [2.75, 3.05) is 18.5 Å². The minimum absolute atomic E-state index is 0.0857. The number of aliphatic hydroxyl groups is 1. The molecule has 0 unspecified atom stereocenters. The van der Waals surface area contributed by atoms with Gasteiger partial charge < -0.3 is 15.7 Å². The highest BCUT2D eigenvalue weighted by Gasteiger charge is 2.20. The highest BCUT2D eigenvalue weighted by Crippen LogP contribution is 2.27. The Balaban J connectivity index is 2.06. The Morgan fingerprint density at radius 3 is 2.67 bits per heavy atom. The number of hydrogen-bond acceptors (Lipinski definition) is 5. The Morgan fingerprint density at radius 1 is 1.25 bits per heavy atom. The first-order valence-electron chi connectivity index (χ1n) is 8.56. The maximum Gasteiger partial charge on any atom is 0.270 e. The number of carbonyl (C=O) groups is 1. The molecule has 0 aliphatic heterocycles. The smallest absolute Gasteiger partial charge is 0.270 e. The standard InChI is InChI=1S/C17H25N3O4/c21-11-5-1-4-10-18-17(22)15-12-14(20(23)24)8-9-16(15)19-13-6-2-3-7-13/h8-9,12-13,19,21H,1-7,10-11H2,(H,18,22). The Bertz CT molecular complexity index is 571. The van der Waals surface area contributed by atoms with Gasteiger partial charge in [0.2, 0.25) is 0 Å². The molecule has 0 atom stereocenters. The molecule has 0 aromatic heterocycles. The summed E-state index contributed by atoms with van der Waals surface area (Å²) < 4.78 is 0. The molecule has 0 saturated heterocycles. The summed E-state index contributed by atoms with van der Waals surface area (Å²) in [5.41, 5.74) is 0.885. The molecule has 1 saturated carbocycles. The van der Waals surface area contributed by atoms with Crippen molar-refractivity contribution < 1.29 is 14.8 Å². The normalized spacial score (nSPS) is 14.5. The first-order chi connectivity index (χ1) is 11.6. The lowest BCUT2D eigenvalue weighted by atomic mass is 10.1. The molecular weight excluding hydrogens is 310 g/mol. The summed E-state index contributed by atoms with van der Waals surface area (Å²) in [4.78, 5) is 22.9. The van der Waals surface area contributed by atoms with E-state index < -0.39 is 4.92 Å². The number of nitrogens with zero attached hydrogens (tertiary/aromatic N) is 1. The monoisotopic (exact) mass is 335 g/mol. The predicted octanol–water partition coefficient (Wildman–Crippen LogP) is 2.84. The van der Waals surface area contributed by atoms with E-state index in [2.05, 4.69) is 10.6 Å². The molecule has 1 amide bonds. The molecule has 24 heavy (non-hydrogen) atoms. The molecular formula is C17H25N3O4. The molecule has 7 nitrogen and oxygen atoms in total. The van der Waals surface area contributed by atoms with Crippen LogP contribution in [0.15, 0.2) is 18.2 Å². The van der Waals surface area contributed by atoms with Gasteiger partial charge in [0.1, 0.15) is 0 Å². The van der Waals surface area contributed by atoms with Gasteiger partial charge in [0.15, 0.2) is 0 Å². The number of rotatable bonds is 9. The van der Waals surface area contributed by atoms with Crippen molar-refractivity contribution in [3.63, 3.8) is 0 Å². The van der Waals surface area contributed by atoms with E-state index in [-0.39, 0.29) is 18.2 Å². The van der Waals surface area contributed by atoms with Crippen LogP contribution in [0.5, 0.6) is 0 Å². The van der Waals surface area contributed by atoms with E-state index in [1.807, 2.05) is 0 Å². The van der Waals surface area contributed by atoms with Crippen LogP contribution in [-0.4, -0.2) is 35.1 Å². The molecule has 1 aromatic rings. The SMILES string of the molecule is O=C(NCCCCCO)c1cc([N+](=O)[O-])ccc1NC1CCCC1. The third-order valence-corrected chi connectivity index (χ3v) is 4.29. The lowest BCUT2D eigenvalue weighted by Crippen LogP contribution is -2.26. The number of hydrogen-bond donors (Lipinski definition) is 3. The topological polar surface area (TPSA) is 104 Å². The van der Waals surface area contributed by atoms with Crippen LogP contribution in [0, 0.1) is 10.1 Å². The van der Waals surface area contributed by atoms with Gasteiger partial charge in [-0.3, -0.25) is 14.9 Å². The van der Waals surface area contributed by atoms with Crippen molar-refractivity contribution >= 4 is 17.3 Å². The van der Waals surface area contributed by atoms with E-state index in [1.54, 1.807) is 6.07 Å². The molecule has 0 spiro atoms. The first kappa shape index (κ1) is 18.2. The number of carbonyl (C=O) groups excluding carboxylic acids is 1. The van der Waals surface area contributed by atoms with Crippen LogP contribution in [0.2, 0.25) is 0 Å². The molecule has 1 aromatic carbocycles. The lowest BCUT2D eigenvalue weighted by molar-refractivity contribution is -0.384. The van der Waals surface area contributed by atoms with Crippen LogP contribution in [0.3, 0.4) is 0 Å². The van der Waals surface area contributed by atoms with Crippen molar-refractivity contribution in [1.29, 1.82) is 0 Å². The van der Waals surface area contributed by atoms with Crippen LogP contribution < -0.4 is 10.6 Å². The second-order valence-electron chi connectivity index (χ2n) is 6.15. The molecule has 132 valence electrons. The number of non-ortho nitro benzene ring substituents is 1. The van der Waals surface area contributed by atoms with Crippen LogP contribution in [-0.2, 0) is 0 Å². The fraction of sp³-hybridized carbons (Fsp3) is 0.588. The van der Waals surface area contributed by atoms with Gasteiger partial charge >= 0.3 is 0 Å². The predicted molar refractivity (Wildman–Crippen MR) is 92.2 cm³/mol. The number of anilines is 1. The number of aliphatic hydroxyl groups excluding tert-OH is 1. The minimum atomic E-state index is -0.489. The number of benzene rings is 1. The molecule has 3 N–H and O–H groups in total. The van der Waals surface area contributed by atoms with E-state index in [9.17, 15) is 14.9 Å². The summed E-state index contributed by atoms with van der Waals surface area (Å²) in [5.74, 6) is -0.303. The average Bonchev–Trinajstić information content (AvgIpc) is 3.07. The van der Waals surface area contributed by atoms with Crippen molar-refractivity contribution in [2.24, 2.45) is 0 Å². The Kier molecular flexibility index (Phi) is 6.99. The molecule has 0 bridgehead atoms. The van der Waals surface area contributed by atoms with Crippen LogP contribution >= 0.6 is 0 Å². The summed E-state index contributed by atoms with van der Waals surface area (Å²) in [5, 5.41) is 25.9. The molecule has 1 aliphatic carbocycles. The number of amides is 1. The van der Waals surface area contributed by atoms with Gasteiger partial charge in [-0.15, -0.1) is 0 Å². The second kappa shape index (κ2) is 9.22. The quantitative estimate of drug-likeness (QED) is 0.366. The zero-order chi connectivity index (χ0) is 17.4. The Labute approximate surface area is 141 Å². The second-order valence-corrected chi connectivity index (χ2v) is 6.15. The summed E-state index contributed by atoms with van der Waals surface area (Å²) >= 11 is 0. The third kappa shape index (κ3) is 5.19. The summed E-state index contributed by atoms with van der Waals surface area (Å²) in [6, 6.07) is 4.70. The lowest BCUT2D eigenvalue weighted by Gasteiger charge is -2.17. The maximum atomic E-state index is 12.4. The van der Waals surface area contributed by atoms with Gasteiger partial charge in [-0.1, -0.05) is 12.8 Å². The van der Waals surface area contributed by atoms with Gasteiger partial charge in [0.05, 0.1) is 10.5 Å². The van der Waals surface area contributed by atoms with Crippen molar-refractivity contribution in [2.45, 2.75) is 51.0 Å². The first-order valence-corrected chi connectivity index (χ1v) is 8.56. The van der Waals surface area contributed by atoms with E-state index in [0.717, 1.165) is 38.5 Å². The van der Waals surface area contributed by atoms with Gasteiger partial charge in [0.25, 0.3) is 11.6 Å². The average molecular weight is 335 g/mol. The molecule has 0 radical (unpaired) electrons. The summed E-state index contributed by atoms with van der Waals surface area (Å²) in [6.45, 7) is 0.638. The molecule has 0 heterocycles. The minimum Gasteiger partial charge on any atom is -0.396 e. The van der Waals surface area contributed by atoms with Gasteiger partial charge in [-0.25, -0.2) is 0 Å². The third-order valence-electron chi connectivity index (χ3n) is 4.29. The van der Waals surface area contributed by atoms with Gasteiger partial charge in [-0.2, -0.15) is 0 Å². The Hall–Kier alpha value is -2.15. The van der Waals surface area contributed by atoms with Gasteiger partial charge in [0, 0.05) is 37.0 Å². The molecule has 2 rings (SSSR count). The summed E-state index contributed by atoms with van der Waals surface area (Å²) in [6.07, 6.45) is 6.75. The Morgan fingerprint density at radius 2 is 2.00 bits per heavy atom. The van der Waals surface area contributed by atoms with E-state index >= 15 is 0 Å². The van der Waals surface area contributed by atoms with E-state index in [4.69, 9.17) is 5.11 Å². The van der Waals surface area contributed by atoms with E-state index in [1.165, 1.54) is 12.1 Å². The fourth-order valence-electron chi connectivity index (χ4n) is 2.96. The molecule has 7 heteroatoms. The van der Waals surface area contributed by atoms with Crippen molar-refractivity contribution in [1.82, 2.24) is 5.32 Å². The molecule has 1 aliphatic rings. The largest absolute Gasteiger partial charge is 0.396 e. The van der Waals surface area contributed by atoms with Crippen molar-refractivity contribution in [3.05, 3.63) is 33.9 Å². The van der Waals surface area contributed by atoms with E-state index in [0.29, 0.717) is 30.3 Å². The number of nitrogens with one attached hydrogen (secondary N) is 2. The maximum absolute atomic E-state index is 12.4. The van der Waals surface area contributed by atoms with Crippen LogP contribution in [0.4, 0.5) is 11.4 Å².